The average molecular weight is 326 g/mol. The molecular formula is C15H20NO5S+. The van der Waals surface area contributed by atoms with Crippen LogP contribution in [0.1, 0.15) is 30.6 Å². The third-order valence-corrected chi connectivity index (χ3v) is 4.01. The van der Waals surface area contributed by atoms with Crippen LogP contribution in [0.4, 0.5) is 0 Å². The lowest BCUT2D eigenvalue weighted by molar-refractivity contribution is -0.374. The van der Waals surface area contributed by atoms with Crippen LogP contribution in [-0.4, -0.2) is 36.3 Å². The highest BCUT2D eigenvalue weighted by Gasteiger charge is 2.29. The molecule has 0 bridgehead atoms. The van der Waals surface area contributed by atoms with Gasteiger partial charge >= 0.3 is 11.9 Å². The summed E-state index contributed by atoms with van der Waals surface area (Å²) in [7, 11) is 0. The van der Waals surface area contributed by atoms with Crippen molar-refractivity contribution < 1.29 is 23.9 Å². The molecule has 1 aromatic rings. The lowest BCUT2D eigenvalue weighted by Crippen LogP contribution is -2.28. The Labute approximate surface area is 132 Å². The molecule has 0 aliphatic rings. The van der Waals surface area contributed by atoms with Gasteiger partial charge in [0, 0.05) is 35.5 Å². The first-order valence-electron chi connectivity index (χ1n) is 6.99. The zero-order valence-electron chi connectivity index (χ0n) is 12.2. The predicted octanol–water partition coefficient (Wildman–Crippen LogP) is 1.56. The topological polar surface area (TPSA) is 94.8 Å². The van der Waals surface area contributed by atoms with E-state index >= 15 is 0 Å². The SMILES string of the molecule is C=[O+]C(=O)C(CCNC(=O)CCCC(=O)O)Cc1cccs1. The van der Waals surface area contributed by atoms with Crippen molar-refractivity contribution in [2.45, 2.75) is 32.1 Å². The summed E-state index contributed by atoms with van der Waals surface area (Å²) in [6.45, 7) is 3.49. The average Bonchev–Trinajstić information content (AvgIpc) is 2.98. The van der Waals surface area contributed by atoms with Gasteiger partial charge in [-0.15, -0.1) is 11.3 Å². The maximum atomic E-state index is 11.7. The molecule has 7 heteroatoms. The van der Waals surface area contributed by atoms with Gasteiger partial charge in [-0.3, -0.25) is 14.0 Å². The van der Waals surface area contributed by atoms with Crippen LogP contribution in [0.5, 0.6) is 0 Å². The van der Waals surface area contributed by atoms with E-state index in [2.05, 4.69) is 16.5 Å². The van der Waals surface area contributed by atoms with Crippen molar-refractivity contribution in [2.75, 3.05) is 6.54 Å². The summed E-state index contributed by atoms with van der Waals surface area (Å²) in [6, 6.07) is 3.86. The molecule has 1 aromatic heterocycles. The second kappa shape index (κ2) is 9.83. The number of aliphatic carboxylic acids is 1. The second-order valence-electron chi connectivity index (χ2n) is 4.83. The molecule has 0 aliphatic heterocycles. The summed E-state index contributed by atoms with van der Waals surface area (Å²) in [4.78, 5) is 34.7. The van der Waals surface area contributed by atoms with Crippen molar-refractivity contribution in [3.63, 3.8) is 0 Å². The summed E-state index contributed by atoms with van der Waals surface area (Å²) in [6.07, 6.45) is 1.46. The van der Waals surface area contributed by atoms with Gasteiger partial charge in [-0.1, -0.05) is 6.07 Å². The van der Waals surface area contributed by atoms with E-state index < -0.39 is 11.9 Å². The van der Waals surface area contributed by atoms with Crippen LogP contribution in [-0.2, 0) is 25.2 Å². The van der Waals surface area contributed by atoms with Crippen LogP contribution in [0.3, 0.4) is 0 Å². The van der Waals surface area contributed by atoms with Crippen molar-refractivity contribution >= 4 is 36.0 Å². The van der Waals surface area contributed by atoms with Crippen molar-refractivity contribution in [3.05, 3.63) is 22.4 Å². The number of nitrogens with one attached hydrogen (secondary N) is 1. The number of hydrogen-bond acceptors (Lipinski definition) is 4. The van der Waals surface area contributed by atoms with Crippen molar-refractivity contribution in [1.29, 1.82) is 0 Å². The summed E-state index contributed by atoms with van der Waals surface area (Å²) < 4.78 is 4.55. The number of hydrogen-bond donors (Lipinski definition) is 2. The van der Waals surface area contributed by atoms with Gasteiger partial charge in [-0.05, 0) is 24.3 Å². The van der Waals surface area contributed by atoms with E-state index in [1.807, 2.05) is 17.5 Å². The van der Waals surface area contributed by atoms with Gasteiger partial charge in [0.2, 0.25) is 5.91 Å². The Balaban J connectivity index is 2.34. The molecule has 0 radical (unpaired) electrons. The summed E-state index contributed by atoms with van der Waals surface area (Å²) in [5.41, 5.74) is 0. The van der Waals surface area contributed by atoms with E-state index in [9.17, 15) is 14.4 Å². The van der Waals surface area contributed by atoms with Crippen molar-refractivity contribution in [1.82, 2.24) is 5.32 Å². The highest BCUT2D eigenvalue weighted by atomic mass is 32.1. The Kier molecular flexibility index (Phi) is 8.06. The molecule has 0 spiro atoms. The number of carboxylic acids is 1. The molecule has 0 saturated heterocycles. The third kappa shape index (κ3) is 7.12. The maximum Gasteiger partial charge on any atom is 0.582 e. The largest absolute Gasteiger partial charge is 0.582 e. The molecule has 0 saturated carbocycles. The predicted molar refractivity (Wildman–Crippen MR) is 82.8 cm³/mol. The van der Waals surface area contributed by atoms with Crippen LogP contribution in [0.25, 0.3) is 0 Å². The van der Waals surface area contributed by atoms with Gasteiger partial charge in [-0.25, -0.2) is 0 Å². The quantitative estimate of drug-likeness (QED) is 0.638. The smallest absolute Gasteiger partial charge is 0.481 e. The van der Waals surface area contributed by atoms with Crippen LogP contribution in [0, 0.1) is 5.92 Å². The summed E-state index contributed by atoms with van der Waals surface area (Å²) in [5, 5.41) is 13.1. The number of carboxylic acid groups (broad SMARTS) is 1. The molecule has 0 aliphatic carbocycles. The molecule has 120 valence electrons. The van der Waals surface area contributed by atoms with Gasteiger partial charge in [0.25, 0.3) is 0 Å². The highest BCUT2D eigenvalue weighted by molar-refractivity contribution is 7.09. The molecule has 22 heavy (non-hydrogen) atoms. The van der Waals surface area contributed by atoms with Crippen molar-refractivity contribution in [3.8, 4) is 0 Å². The molecule has 6 nitrogen and oxygen atoms in total. The van der Waals surface area contributed by atoms with Crippen LogP contribution < -0.4 is 5.32 Å². The highest BCUT2D eigenvalue weighted by Crippen LogP contribution is 2.17. The molecule has 1 amide bonds. The van der Waals surface area contributed by atoms with Gasteiger partial charge in [0.1, 0.15) is 5.92 Å². The number of carbonyl (C=O) groups excluding carboxylic acids is 3. The van der Waals surface area contributed by atoms with Gasteiger partial charge in [-0.2, -0.15) is 0 Å². The molecule has 0 fully saturated rings. The molecular weight excluding hydrogens is 306 g/mol. The first kappa shape index (κ1) is 18.0. The Morgan fingerprint density at radius 2 is 2.14 bits per heavy atom. The summed E-state index contributed by atoms with van der Waals surface area (Å²) >= 11 is 1.56. The number of amides is 1. The Hall–Kier alpha value is -2.02. The molecule has 0 aromatic carbocycles. The first-order chi connectivity index (χ1) is 10.5. The standard InChI is InChI=1S/C15H19NO5S/c1-21-15(20)11(10-12-4-3-9-22-12)7-8-16-13(17)5-2-6-14(18)19/h3-4,9,11H,1-2,5-8,10H2,(H-,16,17,18,19)/p+1. The Bertz CT molecular complexity index is 512. The normalized spacial score (nSPS) is 11.6. The minimum atomic E-state index is -0.915. The van der Waals surface area contributed by atoms with Crippen LogP contribution in [0.15, 0.2) is 17.5 Å². The monoisotopic (exact) mass is 326 g/mol. The Morgan fingerprint density at radius 3 is 2.73 bits per heavy atom. The molecule has 1 atom stereocenters. The fraction of sp³-hybridized carbons (Fsp3) is 0.467. The first-order valence-corrected chi connectivity index (χ1v) is 7.87. The lowest BCUT2D eigenvalue weighted by Gasteiger charge is -2.08. The number of carbonyl (C=O) groups is 3. The second-order valence-corrected chi connectivity index (χ2v) is 5.86. The number of thiophene rings is 1. The van der Waals surface area contributed by atoms with Gasteiger partial charge in [0.05, 0.1) is 0 Å². The fourth-order valence-electron chi connectivity index (χ4n) is 1.97. The third-order valence-electron chi connectivity index (χ3n) is 3.11. The van der Waals surface area contributed by atoms with Crippen LogP contribution >= 0.6 is 11.3 Å². The minimum Gasteiger partial charge on any atom is -0.481 e. The van der Waals surface area contributed by atoms with Crippen LogP contribution in [0.2, 0.25) is 0 Å². The van der Waals surface area contributed by atoms with E-state index in [1.54, 1.807) is 11.3 Å². The van der Waals surface area contributed by atoms with E-state index in [0.717, 1.165) is 4.88 Å². The maximum absolute atomic E-state index is 11.7. The Morgan fingerprint density at radius 1 is 1.36 bits per heavy atom. The molecule has 2 N–H and O–H groups in total. The molecule has 1 heterocycles. The van der Waals surface area contributed by atoms with Gasteiger partial charge in [0.15, 0.2) is 6.79 Å². The zero-order valence-corrected chi connectivity index (χ0v) is 13.1. The van der Waals surface area contributed by atoms with E-state index in [-0.39, 0.29) is 24.7 Å². The number of rotatable bonds is 10. The van der Waals surface area contributed by atoms with E-state index in [4.69, 9.17) is 5.11 Å². The lowest BCUT2D eigenvalue weighted by atomic mass is 10.0. The minimum absolute atomic E-state index is 0.0255. The summed E-state index contributed by atoms with van der Waals surface area (Å²) in [5.74, 6) is -1.87. The molecule has 1 rings (SSSR count). The van der Waals surface area contributed by atoms with Gasteiger partial charge < -0.3 is 10.4 Å². The fourth-order valence-corrected chi connectivity index (χ4v) is 2.75. The molecule has 1 unspecified atom stereocenters. The zero-order chi connectivity index (χ0) is 16.4. The van der Waals surface area contributed by atoms with Crippen molar-refractivity contribution in [2.24, 2.45) is 5.92 Å². The van der Waals surface area contributed by atoms with E-state index in [0.29, 0.717) is 25.8 Å². The van der Waals surface area contributed by atoms with E-state index in [1.165, 1.54) is 0 Å².